The second-order valence-corrected chi connectivity index (χ2v) is 8.71. The van der Waals surface area contributed by atoms with E-state index < -0.39 is 0 Å². The molecule has 0 aliphatic carbocycles. The molecular weight excluding hydrogens is 530 g/mol. The van der Waals surface area contributed by atoms with Crippen molar-refractivity contribution in [3.8, 4) is 0 Å². The summed E-state index contributed by atoms with van der Waals surface area (Å²) in [7, 11) is 0. The molecule has 2 aromatic heterocycles. The van der Waals surface area contributed by atoms with E-state index in [0.29, 0.717) is 6.54 Å². The third-order valence-electron chi connectivity index (χ3n) is 5.72. The zero-order valence-electron chi connectivity index (χ0n) is 17.5. The monoisotopic (exact) mass is 551 g/mol. The SMILES string of the molecule is O=C(C[n+]1ccn(CCCn2c3ccccc3c3ccccc32)c1)c1ccc(Br)cc1.[Br-]. The molecule has 2 heterocycles. The lowest BCUT2D eigenvalue weighted by Crippen LogP contribution is -3.00. The Hall–Kier alpha value is -2.70. The number of imidazole rings is 1. The Morgan fingerprint density at radius 1 is 0.844 bits per heavy atom. The van der Waals surface area contributed by atoms with Gasteiger partial charge in [0.15, 0.2) is 6.54 Å². The minimum absolute atomic E-state index is 0. The number of nitrogens with zero attached hydrogens (tertiary/aromatic N) is 3. The van der Waals surface area contributed by atoms with Crippen molar-refractivity contribution in [2.75, 3.05) is 0 Å². The smallest absolute Gasteiger partial charge is 0.244 e. The fourth-order valence-electron chi connectivity index (χ4n) is 4.21. The van der Waals surface area contributed by atoms with E-state index in [1.54, 1.807) is 0 Å². The molecule has 5 rings (SSSR count). The van der Waals surface area contributed by atoms with Gasteiger partial charge in [0.2, 0.25) is 12.1 Å². The molecule has 0 aliphatic heterocycles. The normalized spacial score (nSPS) is 11.0. The first kappa shape index (κ1) is 22.5. The van der Waals surface area contributed by atoms with Crippen LogP contribution >= 0.6 is 15.9 Å². The summed E-state index contributed by atoms with van der Waals surface area (Å²) in [5.41, 5.74) is 3.30. The fourth-order valence-corrected chi connectivity index (χ4v) is 4.48. The van der Waals surface area contributed by atoms with Crippen molar-refractivity contribution in [2.24, 2.45) is 0 Å². The first-order valence-corrected chi connectivity index (χ1v) is 11.3. The zero-order chi connectivity index (χ0) is 21.2. The summed E-state index contributed by atoms with van der Waals surface area (Å²) in [5.74, 6) is 0.112. The number of benzene rings is 3. The molecule has 0 N–H and O–H groups in total. The first-order chi connectivity index (χ1) is 15.2. The summed E-state index contributed by atoms with van der Waals surface area (Å²) < 4.78 is 7.50. The number of hydrogen-bond donors (Lipinski definition) is 0. The Labute approximate surface area is 206 Å². The molecule has 6 heteroatoms. The Bertz CT molecular complexity index is 1320. The van der Waals surface area contributed by atoms with Crippen molar-refractivity contribution in [1.29, 1.82) is 0 Å². The molecule has 0 saturated heterocycles. The second-order valence-electron chi connectivity index (χ2n) is 7.79. The number of rotatable bonds is 7. The van der Waals surface area contributed by atoms with Crippen molar-refractivity contribution in [1.82, 2.24) is 9.13 Å². The summed E-state index contributed by atoms with van der Waals surface area (Å²) >= 11 is 3.41. The molecule has 0 aliphatic rings. The highest BCUT2D eigenvalue weighted by Crippen LogP contribution is 2.28. The van der Waals surface area contributed by atoms with Gasteiger partial charge in [0.05, 0.1) is 6.54 Å². The van der Waals surface area contributed by atoms with Crippen molar-refractivity contribution < 1.29 is 26.3 Å². The van der Waals surface area contributed by atoms with Crippen molar-refractivity contribution in [3.63, 3.8) is 0 Å². The average Bonchev–Trinajstić information content (AvgIpc) is 3.37. The van der Waals surface area contributed by atoms with Gasteiger partial charge < -0.3 is 21.5 Å². The number of aryl methyl sites for hydroxylation is 2. The van der Waals surface area contributed by atoms with E-state index in [1.165, 1.54) is 21.8 Å². The minimum atomic E-state index is 0. The number of carbonyl (C=O) groups excluding carboxylic acids is 1. The van der Waals surface area contributed by atoms with Crippen LogP contribution in [-0.4, -0.2) is 14.9 Å². The van der Waals surface area contributed by atoms with Gasteiger partial charge in [0.1, 0.15) is 12.4 Å². The highest BCUT2D eigenvalue weighted by atomic mass is 79.9. The lowest BCUT2D eigenvalue weighted by molar-refractivity contribution is -0.682. The maximum atomic E-state index is 12.5. The highest BCUT2D eigenvalue weighted by Gasteiger charge is 2.13. The van der Waals surface area contributed by atoms with Crippen LogP contribution in [0.3, 0.4) is 0 Å². The van der Waals surface area contributed by atoms with Crippen LogP contribution in [0, 0.1) is 0 Å². The molecule has 162 valence electrons. The fraction of sp³-hybridized carbons (Fsp3) is 0.154. The molecular formula is C26H23Br2N3O. The number of carbonyl (C=O) groups is 1. The molecule has 0 fully saturated rings. The van der Waals surface area contributed by atoms with Gasteiger partial charge in [-0.25, -0.2) is 9.13 Å². The van der Waals surface area contributed by atoms with Gasteiger partial charge in [0, 0.05) is 44.8 Å². The van der Waals surface area contributed by atoms with Crippen LogP contribution in [-0.2, 0) is 19.6 Å². The molecule has 32 heavy (non-hydrogen) atoms. The molecule has 3 aromatic carbocycles. The largest absolute Gasteiger partial charge is 1.00 e. The lowest BCUT2D eigenvalue weighted by Gasteiger charge is -2.06. The predicted molar refractivity (Wildman–Crippen MR) is 127 cm³/mol. The third-order valence-corrected chi connectivity index (χ3v) is 6.25. The molecule has 0 unspecified atom stereocenters. The summed E-state index contributed by atoms with van der Waals surface area (Å²) in [6.07, 6.45) is 7.04. The van der Waals surface area contributed by atoms with Crippen molar-refractivity contribution in [3.05, 3.63) is 102 Å². The second kappa shape index (κ2) is 9.84. The van der Waals surface area contributed by atoms with E-state index in [9.17, 15) is 4.79 Å². The van der Waals surface area contributed by atoms with E-state index in [1.807, 2.05) is 47.6 Å². The first-order valence-electron chi connectivity index (χ1n) is 10.5. The van der Waals surface area contributed by atoms with Gasteiger partial charge >= 0.3 is 0 Å². The standard InChI is InChI=1S/C26H23BrN3O.BrH/c27-21-12-10-20(11-13-21)26(31)18-29-17-16-28(19-29)14-5-15-30-24-8-3-1-6-22(24)23-7-2-4-9-25(23)30;/h1-4,6-13,16-17,19H,5,14-15,18H2;1H/q+1;/p-1. The van der Waals surface area contributed by atoms with Crippen LogP contribution in [0.15, 0.2) is 96.0 Å². The summed E-state index contributed by atoms with van der Waals surface area (Å²) in [4.78, 5) is 12.5. The van der Waals surface area contributed by atoms with Crippen LogP contribution in [0.4, 0.5) is 0 Å². The molecule has 0 spiro atoms. The van der Waals surface area contributed by atoms with Gasteiger partial charge in [-0.15, -0.1) is 0 Å². The Morgan fingerprint density at radius 2 is 1.47 bits per heavy atom. The zero-order valence-corrected chi connectivity index (χ0v) is 20.7. The molecule has 0 amide bonds. The molecule has 0 saturated carbocycles. The van der Waals surface area contributed by atoms with Gasteiger partial charge in [-0.3, -0.25) is 4.79 Å². The minimum Gasteiger partial charge on any atom is -1.00 e. The maximum absolute atomic E-state index is 12.5. The molecule has 4 nitrogen and oxygen atoms in total. The van der Waals surface area contributed by atoms with Crippen molar-refractivity contribution >= 4 is 43.5 Å². The van der Waals surface area contributed by atoms with E-state index in [0.717, 1.165) is 29.5 Å². The maximum Gasteiger partial charge on any atom is 0.244 e. The number of para-hydroxylation sites is 2. The predicted octanol–water partition coefficient (Wildman–Crippen LogP) is 2.62. The summed E-state index contributed by atoms with van der Waals surface area (Å²) in [5, 5.41) is 2.62. The van der Waals surface area contributed by atoms with Gasteiger partial charge in [-0.05, 0) is 24.3 Å². The topological polar surface area (TPSA) is 30.8 Å². The van der Waals surface area contributed by atoms with Crippen LogP contribution in [0.2, 0.25) is 0 Å². The van der Waals surface area contributed by atoms with Gasteiger partial charge in [-0.1, -0.05) is 64.5 Å². The van der Waals surface area contributed by atoms with Crippen LogP contribution in [0.5, 0.6) is 0 Å². The van der Waals surface area contributed by atoms with E-state index >= 15 is 0 Å². The molecule has 0 atom stereocenters. The Balaban J connectivity index is 0.00000245. The number of ketones is 1. The number of Topliss-reactive ketones (excluding diaryl/α,β-unsaturated/α-hetero) is 1. The van der Waals surface area contributed by atoms with E-state index in [-0.39, 0.29) is 22.8 Å². The number of hydrogen-bond acceptors (Lipinski definition) is 1. The van der Waals surface area contributed by atoms with Crippen LogP contribution in [0.1, 0.15) is 16.8 Å². The summed E-state index contributed by atoms with van der Waals surface area (Å²) in [6.45, 7) is 2.20. The summed E-state index contributed by atoms with van der Waals surface area (Å²) in [6, 6.07) is 24.7. The van der Waals surface area contributed by atoms with Crippen molar-refractivity contribution in [2.45, 2.75) is 26.1 Å². The average molecular weight is 553 g/mol. The molecule has 0 bridgehead atoms. The van der Waals surface area contributed by atoms with Crippen LogP contribution in [0.25, 0.3) is 21.8 Å². The molecule has 0 radical (unpaired) electrons. The lowest BCUT2D eigenvalue weighted by atomic mass is 10.1. The van der Waals surface area contributed by atoms with Crippen LogP contribution < -0.4 is 21.5 Å². The quantitative estimate of drug-likeness (QED) is 0.225. The molecule has 5 aromatic rings. The van der Waals surface area contributed by atoms with Gasteiger partial charge in [0.25, 0.3) is 0 Å². The Kier molecular flexibility index (Phi) is 6.92. The highest BCUT2D eigenvalue weighted by molar-refractivity contribution is 9.10. The number of halogens is 2. The van der Waals surface area contributed by atoms with E-state index in [2.05, 4.69) is 73.6 Å². The van der Waals surface area contributed by atoms with E-state index in [4.69, 9.17) is 0 Å². The Morgan fingerprint density at radius 3 is 2.12 bits per heavy atom. The number of fused-ring (bicyclic) bond motifs is 3. The third kappa shape index (κ3) is 4.57. The number of aromatic nitrogens is 3. The van der Waals surface area contributed by atoms with Gasteiger partial charge in [-0.2, -0.15) is 0 Å².